The number of nitrogens with zero attached hydrogens (tertiary/aromatic N) is 3. The molecule has 0 unspecified atom stereocenters. The molecule has 0 amide bonds. The molecule has 3 heteroatoms. The van der Waals surface area contributed by atoms with Gasteiger partial charge in [0.25, 0.3) is 0 Å². The van der Waals surface area contributed by atoms with Crippen LogP contribution in [0.5, 0.6) is 0 Å². The minimum Gasteiger partial charge on any atom is -0.265 e. The van der Waals surface area contributed by atoms with E-state index in [1.165, 1.54) is 21.5 Å². The number of hydrogen-bond acceptors (Lipinski definition) is 3. The van der Waals surface area contributed by atoms with Crippen LogP contribution in [0.2, 0.25) is 0 Å². The maximum atomic E-state index is 5.11. The van der Waals surface area contributed by atoms with E-state index in [-0.39, 0.29) is 0 Å². The Balaban J connectivity index is 1.44. The van der Waals surface area contributed by atoms with E-state index in [9.17, 15) is 0 Å². The van der Waals surface area contributed by atoms with Gasteiger partial charge in [-0.2, -0.15) is 0 Å². The third kappa shape index (κ3) is 4.00. The van der Waals surface area contributed by atoms with Crippen molar-refractivity contribution >= 4 is 21.5 Å². The molecule has 0 radical (unpaired) electrons. The molecule has 0 saturated carbocycles. The molecule has 2 aromatic heterocycles. The van der Waals surface area contributed by atoms with Gasteiger partial charge in [0.2, 0.25) is 0 Å². The van der Waals surface area contributed by atoms with Crippen LogP contribution in [-0.2, 0) is 0 Å². The lowest BCUT2D eigenvalue weighted by Crippen LogP contribution is -1.97. The van der Waals surface area contributed by atoms with Gasteiger partial charge >= 0.3 is 0 Å². The Bertz CT molecular complexity index is 1800. The van der Waals surface area contributed by atoms with Crippen molar-refractivity contribution in [2.24, 2.45) is 0 Å². The Hall–Kier alpha value is -5.15. The first-order chi connectivity index (χ1) is 18.8. The highest BCUT2D eigenvalue weighted by Gasteiger charge is 2.14. The Morgan fingerprint density at radius 2 is 0.868 bits per heavy atom. The van der Waals surface area contributed by atoms with Crippen LogP contribution in [0.4, 0.5) is 0 Å². The Morgan fingerprint density at radius 3 is 1.45 bits per heavy atom. The zero-order valence-electron chi connectivity index (χ0n) is 20.6. The molecule has 0 N–H and O–H groups in total. The highest BCUT2D eigenvalue weighted by molar-refractivity contribution is 5.99. The second kappa shape index (κ2) is 9.38. The number of rotatable bonds is 4. The molecule has 3 nitrogen and oxygen atoms in total. The SMILES string of the molecule is c1ccc2c(-c3cc(-c4cccc5ccccc45)nc(-c4ccc(-c5ccncc5)cc4)n3)cccc2c1. The van der Waals surface area contributed by atoms with Crippen LogP contribution in [0.25, 0.3) is 66.6 Å². The van der Waals surface area contributed by atoms with Crippen molar-refractivity contribution in [3.05, 3.63) is 140 Å². The molecule has 0 spiro atoms. The van der Waals surface area contributed by atoms with Crippen LogP contribution < -0.4 is 0 Å². The molecule has 38 heavy (non-hydrogen) atoms. The topological polar surface area (TPSA) is 38.7 Å². The molecule has 2 heterocycles. The van der Waals surface area contributed by atoms with E-state index in [1.807, 2.05) is 24.5 Å². The summed E-state index contributed by atoms with van der Waals surface area (Å²) in [6.07, 6.45) is 3.63. The highest BCUT2D eigenvalue weighted by atomic mass is 14.9. The highest BCUT2D eigenvalue weighted by Crippen LogP contribution is 2.34. The van der Waals surface area contributed by atoms with E-state index in [1.54, 1.807) is 0 Å². The zero-order valence-corrected chi connectivity index (χ0v) is 20.6. The minimum absolute atomic E-state index is 0.708. The molecule has 0 aliphatic carbocycles. The largest absolute Gasteiger partial charge is 0.265 e. The van der Waals surface area contributed by atoms with Gasteiger partial charge in [0.1, 0.15) is 0 Å². The lowest BCUT2D eigenvalue weighted by Gasteiger charge is -2.13. The molecule has 0 atom stereocenters. The van der Waals surface area contributed by atoms with Gasteiger partial charge < -0.3 is 0 Å². The lowest BCUT2D eigenvalue weighted by atomic mass is 9.98. The van der Waals surface area contributed by atoms with E-state index in [0.29, 0.717) is 5.82 Å². The number of benzene rings is 5. The maximum absolute atomic E-state index is 5.11. The summed E-state index contributed by atoms with van der Waals surface area (Å²) in [4.78, 5) is 14.4. The van der Waals surface area contributed by atoms with Crippen LogP contribution in [-0.4, -0.2) is 15.0 Å². The molecule has 178 valence electrons. The van der Waals surface area contributed by atoms with Crippen LogP contribution in [0.15, 0.2) is 140 Å². The van der Waals surface area contributed by atoms with Crippen molar-refractivity contribution in [2.75, 3.05) is 0 Å². The lowest BCUT2D eigenvalue weighted by molar-refractivity contribution is 1.19. The van der Waals surface area contributed by atoms with Crippen LogP contribution in [0, 0.1) is 0 Å². The predicted octanol–water partition coefficient (Wildman–Crippen LogP) is 8.85. The van der Waals surface area contributed by atoms with Crippen LogP contribution in [0.1, 0.15) is 0 Å². The van der Waals surface area contributed by atoms with E-state index in [4.69, 9.17) is 9.97 Å². The summed E-state index contributed by atoms with van der Waals surface area (Å²) in [7, 11) is 0. The van der Waals surface area contributed by atoms with Crippen LogP contribution >= 0.6 is 0 Å². The first-order valence-electron chi connectivity index (χ1n) is 12.7. The van der Waals surface area contributed by atoms with Crippen molar-refractivity contribution in [3.8, 4) is 45.0 Å². The molecule has 0 fully saturated rings. The summed E-state index contributed by atoms with van der Waals surface area (Å²) in [5.74, 6) is 0.708. The Morgan fingerprint density at radius 1 is 0.395 bits per heavy atom. The summed E-state index contributed by atoms with van der Waals surface area (Å²) in [5, 5.41) is 4.74. The normalized spacial score (nSPS) is 11.2. The second-order valence-corrected chi connectivity index (χ2v) is 9.33. The molecule has 0 aliphatic heterocycles. The molecular formula is C35H23N3. The van der Waals surface area contributed by atoms with E-state index in [2.05, 4.69) is 120 Å². The fraction of sp³-hybridized carbons (Fsp3) is 0. The molecule has 0 aliphatic rings. The monoisotopic (exact) mass is 485 g/mol. The van der Waals surface area contributed by atoms with E-state index >= 15 is 0 Å². The summed E-state index contributed by atoms with van der Waals surface area (Å²) < 4.78 is 0. The zero-order chi connectivity index (χ0) is 25.3. The maximum Gasteiger partial charge on any atom is 0.160 e. The third-order valence-electron chi connectivity index (χ3n) is 7.01. The van der Waals surface area contributed by atoms with Gasteiger partial charge in [-0.3, -0.25) is 4.98 Å². The molecule has 7 aromatic rings. The second-order valence-electron chi connectivity index (χ2n) is 9.33. The smallest absolute Gasteiger partial charge is 0.160 e. The van der Waals surface area contributed by atoms with Crippen molar-refractivity contribution in [1.29, 1.82) is 0 Å². The molecule has 0 bridgehead atoms. The molecule has 0 saturated heterocycles. The van der Waals surface area contributed by atoms with E-state index < -0.39 is 0 Å². The predicted molar refractivity (Wildman–Crippen MR) is 157 cm³/mol. The number of pyridine rings is 1. The molecule has 7 rings (SSSR count). The van der Waals surface area contributed by atoms with E-state index in [0.717, 1.165) is 39.2 Å². The Labute approximate surface area is 221 Å². The quantitative estimate of drug-likeness (QED) is 0.250. The third-order valence-corrected chi connectivity index (χ3v) is 7.01. The van der Waals surface area contributed by atoms with Crippen molar-refractivity contribution in [2.45, 2.75) is 0 Å². The van der Waals surface area contributed by atoms with Crippen LogP contribution in [0.3, 0.4) is 0 Å². The number of fused-ring (bicyclic) bond motifs is 2. The fourth-order valence-electron chi connectivity index (χ4n) is 5.11. The van der Waals surface area contributed by atoms with Crippen molar-refractivity contribution < 1.29 is 0 Å². The summed E-state index contributed by atoms with van der Waals surface area (Å²) in [5.41, 5.74) is 7.26. The van der Waals surface area contributed by atoms with Gasteiger partial charge in [0, 0.05) is 29.1 Å². The molecular weight excluding hydrogens is 462 g/mol. The summed E-state index contributed by atoms with van der Waals surface area (Å²) >= 11 is 0. The standard InChI is InChI=1S/C35H23N3/c1-3-11-29-26(7-1)9-5-13-31(29)33-23-34(32-14-6-10-27-8-2-4-12-30(27)32)38-35(37-33)28-17-15-24(16-18-28)25-19-21-36-22-20-25/h1-23H. The first kappa shape index (κ1) is 22.1. The first-order valence-corrected chi connectivity index (χ1v) is 12.7. The Kier molecular flexibility index (Phi) is 5.45. The van der Waals surface area contributed by atoms with Gasteiger partial charge in [-0.05, 0) is 50.9 Å². The van der Waals surface area contributed by atoms with Crippen molar-refractivity contribution in [1.82, 2.24) is 15.0 Å². The summed E-state index contributed by atoms with van der Waals surface area (Å²) in [6.45, 7) is 0. The van der Waals surface area contributed by atoms with Gasteiger partial charge in [-0.25, -0.2) is 9.97 Å². The van der Waals surface area contributed by atoms with Gasteiger partial charge in [-0.1, -0.05) is 109 Å². The van der Waals surface area contributed by atoms with Gasteiger partial charge in [0.15, 0.2) is 5.82 Å². The number of aromatic nitrogens is 3. The molecule has 5 aromatic carbocycles. The van der Waals surface area contributed by atoms with Crippen molar-refractivity contribution in [3.63, 3.8) is 0 Å². The van der Waals surface area contributed by atoms with Gasteiger partial charge in [0.05, 0.1) is 11.4 Å². The number of hydrogen-bond donors (Lipinski definition) is 0. The van der Waals surface area contributed by atoms with Gasteiger partial charge in [-0.15, -0.1) is 0 Å². The minimum atomic E-state index is 0.708. The summed E-state index contributed by atoms with van der Waals surface area (Å²) in [6, 6.07) is 44.3. The fourth-order valence-corrected chi connectivity index (χ4v) is 5.11. The average molecular weight is 486 g/mol. The average Bonchev–Trinajstić information content (AvgIpc) is 3.01.